The molecule has 0 atom stereocenters. The van der Waals surface area contributed by atoms with Gasteiger partial charge >= 0.3 is 0 Å². The van der Waals surface area contributed by atoms with Gasteiger partial charge in [0, 0.05) is 25.5 Å². The standard InChI is InChI=1S/C24H28N8/c1-2-26-24(27-14-20-7-5-8-21(13-20)16-32-19-25-18-30-32)28-15-22-9-3-4-10-23(22)17-31-12-6-11-29-31/h3-13,18-19H,2,14-17H2,1H3,(H2,26,27,28). The minimum atomic E-state index is 0.593. The Morgan fingerprint density at radius 3 is 2.56 bits per heavy atom. The van der Waals surface area contributed by atoms with E-state index >= 15 is 0 Å². The molecule has 2 N–H and O–H groups in total. The molecule has 0 aliphatic heterocycles. The Hall–Kier alpha value is -3.94. The number of nitrogens with one attached hydrogen (secondary N) is 2. The molecule has 164 valence electrons. The minimum Gasteiger partial charge on any atom is -0.357 e. The summed E-state index contributed by atoms with van der Waals surface area (Å²) >= 11 is 0. The normalized spacial score (nSPS) is 11.5. The summed E-state index contributed by atoms with van der Waals surface area (Å²) in [7, 11) is 0. The Morgan fingerprint density at radius 1 is 0.906 bits per heavy atom. The average Bonchev–Trinajstić information content (AvgIpc) is 3.51. The molecule has 0 radical (unpaired) electrons. The first kappa shape index (κ1) is 21.3. The predicted molar refractivity (Wildman–Crippen MR) is 125 cm³/mol. The van der Waals surface area contributed by atoms with Gasteiger partial charge < -0.3 is 10.6 Å². The molecule has 32 heavy (non-hydrogen) atoms. The number of aliphatic imine (C=N–C) groups is 1. The van der Waals surface area contributed by atoms with E-state index in [0.29, 0.717) is 19.6 Å². The fraction of sp³-hybridized carbons (Fsp3) is 0.250. The zero-order valence-corrected chi connectivity index (χ0v) is 18.2. The van der Waals surface area contributed by atoms with E-state index in [1.54, 1.807) is 18.9 Å². The highest BCUT2D eigenvalue weighted by molar-refractivity contribution is 5.79. The maximum atomic E-state index is 4.78. The van der Waals surface area contributed by atoms with Crippen molar-refractivity contribution in [1.82, 2.24) is 35.2 Å². The molecule has 4 rings (SSSR count). The summed E-state index contributed by atoms with van der Waals surface area (Å²) in [5, 5.41) is 15.3. The quantitative estimate of drug-likeness (QED) is 0.316. The maximum Gasteiger partial charge on any atom is 0.191 e. The minimum absolute atomic E-state index is 0.593. The molecule has 2 aromatic heterocycles. The van der Waals surface area contributed by atoms with Crippen molar-refractivity contribution in [3.05, 3.63) is 102 Å². The number of hydrogen-bond acceptors (Lipinski definition) is 4. The molecular weight excluding hydrogens is 400 g/mol. The van der Waals surface area contributed by atoms with Crippen LogP contribution in [0.2, 0.25) is 0 Å². The zero-order chi connectivity index (χ0) is 22.0. The molecule has 2 aromatic carbocycles. The number of rotatable bonds is 9. The van der Waals surface area contributed by atoms with E-state index in [4.69, 9.17) is 4.99 Å². The highest BCUT2D eigenvalue weighted by Gasteiger charge is 2.05. The molecule has 0 saturated carbocycles. The monoisotopic (exact) mass is 428 g/mol. The van der Waals surface area contributed by atoms with E-state index < -0.39 is 0 Å². The molecule has 0 aliphatic rings. The molecule has 0 saturated heterocycles. The SMILES string of the molecule is CCNC(=NCc1cccc(Cn2cncn2)c1)NCc1ccccc1Cn1cccn1. The van der Waals surface area contributed by atoms with E-state index in [1.807, 2.05) is 21.6 Å². The van der Waals surface area contributed by atoms with Gasteiger partial charge in [0.1, 0.15) is 12.7 Å². The molecule has 0 fully saturated rings. The summed E-state index contributed by atoms with van der Waals surface area (Å²) < 4.78 is 3.75. The van der Waals surface area contributed by atoms with E-state index in [0.717, 1.165) is 24.6 Å². The summed E-state index contributed by atoms with van der Waals surface area (Å²) in [5.41, 5.74) is 4.79. The van der Waals surface area contributed by atoms with Gasteiger partial charge in [0.2, 0.25) is 0 Å². The van der Waals surface area contributed by atoms with Crippen molar-refractivity contribution in [1.29, 1.82) is 0 Å². The number of hydrogen-bond donors (Lipinski definition) is 2. The summed E-state index contributed by atoms with van der Waals surface area (Å²) in [6, 6.07) is 18.8. The Labute approximate surface area is 188 Å². The van der Waals surface area contributed by atoms with Gasteiger partial charge in [-0.3, -0.25) is 4.68 Å². The molecule has 0 bridgehead atoms. The van der Waals surface area contributed by atoms with Crippen LogP contribution in [0.1, 0.15) is 29.2 Å². The Bertz CT molecular complexity index is 1120. The second kappa shape index (κ2) is 10.9. The molecule has 0 amide bonds. The van der Waals surface area contributed by atoms with Crippen LogP contribution in [0, 0.1) is 0 Å². The lowest BCUT2D eigenvalue weighted by Crippen LogP contribution is -2.37. The van der Waals surface area contributed by atoms with E-state index in [1.165, 1.54) is 16.7 Å². The summed E-state index contributed by atoms with van der Waals surface area (Å²) in [6.45, 7) is 5.60. The van der Waals surface area contributed by atoms with Crippen LogP contribution in [0.15, 0.2) is 84.6 Å². The lowest BCUT2D eigenvalue weighted by atomic mass is 10.1. The average molecular weight is 429 g/mol. The Kier molecular flexibility index (Phi) is 7.25. The van der Waals surface area contributed by atoms with Crippen LogP contribution in [0.3, 0.4) is 0 Å². The van der Waals surface area contributed by atoms with Gasteiger partial charge in [0.25, 0.3) is 0 Å². The smallest absolute Gasteiger partial charge is 0.191 e. The third-order valence-corrected chi connectivity index (χ3v) is 5.02. The van der Waals surface area contributed by atoms with Gasteiger partial charge in [-0.05, 0) is 35.2 Å². The molecule has 8 nitrogen and oxygen atoms in total. The van der Waals surface area contributed by atoms with Gasteiger partial charge in [-0.15, -0.1) is 0 Å². The zero-order valence-electron chi connectivity index (χ0n) is 18.2. The van der Waals surface area contributed by atoms with Crippen molar-refractivity contribution >= 4 is 5.96 Å². The van der Waals surface area contributed by atoms with Crippen LogP contribution in [-0.4, -0.2) is 37.0 Å². The van der Waals surface area contributed by atoms with E-state index in [9.17, 15) is 0 Å². The van der Waals surface area contributed by atoms with Crippen molar-refractivity contribution in [2.45, 2.75) is 33.1 Å². The van der Waals surface area contributed by atoms with Crippen LogP contribution in [0.5, 0.6) is 0 Å². The van der Waals surface area contributed by atoms with Crippen LogP contribution >= 0.6 is 0 Å². The number of nitrogens with zero attached hydrogens (tertiary/aromatic N) is 6. The second-order valence-electron chi connectivity index (χ2n) is 7.43. The fourth-order valence-corrected chi connectivity index (χ4v) is 3.47. The molecule has 4 aromatic rings. The fourth-order valence-electron chi connectivity index (χ4n) is 3.47. The lowest BCUT2D eigenvalue weighted by molar-refractivity contribution is 0.677. The van der Waals surface area contributed by atoms with Gasteiger partial charge in [0.15, 0.2) is 5.96 Å². The van der Waals surface area contributed by atoms with Crippen molar-refractivity contribution in [3.63, 3.8) is 0 Å². The van der Waals surface area contributed by atoms with Crippen molar-refractivity contribution in [2.24, 2.45) is 4.99 Å². The van der Waals surface area contributed by atoms with Crippen LogP contribution in [-0.2, 0) is 26.2 Å². The maximum absolute atomic E-state index is 4.78. The molecular formula is C24H28N8. The number of benzene rings is 2. The van der Waals surface area contributed by atoms with Crippen molar-refractivity contribution in [2.75, 3.05) is 6.54 Å². The van der Waals surface area contributed by atoms with Crippen molar-refractivity contribution < 1.29 is 0 Å². The number of aromatic nitrogens is 5. The Balaban J connectivity index is 1.40. The second-order valence-corrected chi connectivity index (χ2v) is 7.43. The summed E-state index contributed by atoms with van der Waals surface area (Å²) in [5.74, 6) is 0.795. The third kappa shape index (κ3) is 6.04. The largest absolute Gasteiger partial charge is 0.357 e. The van der Waals surface area contributed by atoms with E-state index in [-0.39, 0.29) is 0 Å². The van der Waals surface area contributed by atoms with Crippen LogP contribution in [0.4, 0.5) is 0 Å². The first-order valence-electron chi connectivity index (χ1n) is 10.8. The molecule has 8 heteroatoms. The Morgan fingerprint density at radius 2 is 1.78 bits per heavy atom. The lowest BCUT2D eigenvalue weighted by Gasteiger charge is -2.14. The molecule has 2 heterocycles. The first-order valence-corrected chi connectivity index (χ1v) is 10.8. The van der Waals surface area contributed by atoms with Gasteiger partial charge in [0.05, 0.1) is 19.6 Å². The van der Waals surface area contributed by atoms with Crippen LogP contribution < -0.4 is 10.6 Å². The predicted octanol–water partition coefficient (Wildman–Crippen LogP) is 2.83. The first-order chi connectivity index (χ1) is 15.8. The van der Waals surface area contributed by atoms with Gasteiger partial charge in [-0.1, -0.05) is 48.5 Å². The highest BCUT2D eigenvalue weighted by atomic mass is 15.3. The van der Waals surface area contributed by atoms with Crippen LogP contribution in [0.25, 0.3) is 0 Å². The molecule has 0 spiro atoms. The molecule has 0 unspecified atom stereocenters. The molecule has 0 aliphatic carbocycles. The third-order valence-electron chi connectivity index (χ3n) is 5.02. The van der Waals surface area contributed by atoms with E-state index in [2.05, 4.69) is 81.3 Å². The highest BCUT2D eigenvalue weighted by Crippen LogP contribution is 2.11. The summed E-state index contributed by atoms with van der Waals surface area (Å²) in [6.07, 6.45) is 7.06. The topological polar surface area (TPSA) is 85.0 Å². The number of guanidine groups is 1. The summed E-state index contributed by atoms with van der Waals surface area (Å²) in [4.78, 5) is 8.79. The van der Waals surface area contributed by atoms with Gasteiger partial charge in [-0.2, -0.15) is 10.2 Å². The van der Waals surface area contributed by atoms with Crippen molar-refractivity contribution in [3.8, 4) is 0 Å². The van der Waals surface area contributed by atoms with Gasteiger partial charge in [-0.25, -0.2) is 14.7 Å².